The van der Waals surface area contributed by atoms with Crippen molar-refractivity contribution in [1.82, 2.24) is 25.1 Å². The minimum Gasteiger partial charge on any atom is -0.494 e. The van der Waals surface area contributed by atoms with Gasteiger partial charge in [-0.2, -0.15) is 18.3 Å². The van der Waals surface area contributed by atoms with Crippen molar-refractivity contribution in [3.8, 4) is 34.0 Å². The standard InChI is InChI=1S/C23H16F5N5O3/c1-35-15-5-16(36-2)19(25)17(18(15)24)14-4-13-12(7-29-14)20(32-31-13)10-3-11-8-33(9-23(26,27)28)22(34)21(11)30-6-10/h3-7H,8-9H2,1-2H3,(H,31,32). The number of nitrogens with one attached hydrogen (secondary N) is 1. The molecule has 0 fully saturated rings. The van der Waals surface area contributed by atoms with Crippen molar-refractivity contribution in [2.45, 2.75) is 12.7 Å². The normalized spacial score (nSPS) is 13.4. The zero-order chi connectivity index (χ0) is 25.8. The van der Waals surface area contributed by atoms with E-state index in [2.05, 4.69) is 20.2 Å². The molecule has 1 aliphatic rings. The Kier molecular flexibility index (Phi) is 5.49. The second-order valence-electron chi connectivity index (χ2n) is 7.98. The highest BCUT2D eigenvalue weighted by molar-refractivity contribution is 5.98. The molecule has 1 aliphatic heterocycles. The summed E-state index contributed by atoms with van der Waals surface area (Å²) in [7, 11) is 2.47. The van der Waals surface area contributed by atoms with E-state index in [0.29, 0.717) is 32.6 Å². The summed E-state index contributed by atoms with van der Waals surface area (Å²) in [6.07, 6.45) is -1.86. The summed E-state index contributed by atoms with van der Waals surface area (Å²) in [5.41, 5.74) is 0.932. The fourth-order valence-electron chi connectivity index (χ4n) is 4.10. The van der Waals surface area contributed by atoms with Gasteiger partial charge in [0.1, 0.15) is 17.9 Å². The van der Waals surface area contributed by atoms with Crippen LogP contribution in [0, 0.1) is 11.6 Å². The molecule has 4 aromatic rings. The molecular formula is C23H16F5N5O3. The Morgan fingerprint density at radius 1 is 1.00 bits per heavy atom. The number of carbonyl (C=O) groups excluding carboxylic acids is 1. The van der Waals surface area contributed by atoms with Crippen molar-refractivity contribution in [2.24, 2.45) is 0 Å². The molecule has 0 aliphatic carbocycles. The third-order valence-electron chi connectivity index (χ3n) is 5.74. The van der Waals surface area contributed by atoms with Crippen LogP contribution in [0.2, 0.25) is 0 Å². The van der Waals surface area contributed by atoms with E-state index in [-0.39, 0.29) is 29.4 Å². The first-order valence-corrected chi connectivity index (χ1v) is 10.4. The Morgan fingerprint density at radius 2 is 1.69 bits per heavy atom. The molecule has 3 aromatic heterocycles. The van der Waals surface area contributed by atoms with E-state index in [9.17, 15) is 26.7 Å². The number of amides is 1. The van der Waals surface area contributed by atoms with Gasteiger partial charge in [0.2, 0.25) is 0 Å². The van der Waals surface area contributed by atoms with Crippen molar-refractivity contribution >= 4 is 16.8 Å². The molecule has 0 saturated heterocycles. The van der Waals surface area contributed by atoms with Gasteiger partial charge in [-0.3, -0.25) is 19.9 Å². The maximum Gasteiger partial charge on any atom is 0.406 e. The van der Waals surface area contributed by atoms with Crippen LogP contribution in [0.3, 0.4) is 0 Å². The minimum atomic E-state index is -4.53. The molecule has 1 N–H and O–H groups in total. The maximum absolute atomic E-state index is 14.9. The smallest absolute Gasteiger partial charge is 0.406 e. The molecule has 0 radical (unpaired) electrons. The van der Waals surface area contributed by atoms with Crippen LogP contribution < -0.4 is 9.47 Å². The zero-order valence-electron chi connectivity index (χ0n) is 18.7. The summed E-state index contributed by atoms with van der Waals surface area (Å²) >= 11 is 0. The number of aromatic nitrogens is 4. The monoisotopic (exact) mass is 505 g/mol. The van der Waals surface area contributed by atoms with Crippen LogP contribution in [-0.4, -0.2) is 57.9 Å². The largest absolute Gasteiger partial charge is 0.494 e. The highest BCUT2D eigenvalue weighted by Crippen LogP contribution is 2.38. The lowest BCUT2D eigenvalue weighted by Crippen LogP contribution is -2.34. The first-order valence-electron chi connectivity index (χ1n) is 10.4. The number of nitrogens with zero attached hydrogens (tertiary/aromatic N) is 4. The van der Waals surface area contributed by atoms with Gasteiger partial charge in [-0.05, 0) is 12.1 Å². The van der Waals surface area contributed by atoms with Crippen LogP contribution in [0.15, 0.2) is 30.6 Å². The zero-order valence-corrected chi connectivity index (χ0v) is 18.7. The van der Waals surface area contributed by atoms with Gasteiger partial charge < -0.3 is 14.4 Å². The summed E-state index contributed by atoms with van der Waals surface area (Å²) < 4.78 is 78.1. The summed E-state index contributed by atoms with van der Waals surface area (Å²) in [6, 6.07) is 4.01. The van der Waals surface area contributed by atoms with Crippen LogP contribution >= 0.6 is 0 Å². The Labute approximate surface area is 199 Å². The third-order valence-corrected chi connectivity index (χ3v) is 5.74. The Hall–Kier alpha value is -4.29. The molecule has 5 rings (SSSR count). The number of pyridine rings is 2. The first kappa shape index (κ1) is 23.5. The van der Waals surface area contributed by atoms with Gasteiger partial charge in [0.05, 0.1) is 31.0 Å². The van der Waals surface area contributed by atoms with Crippen LogP contribution in [0.5, 0.6) is 11.5 Å². The molecule has 0 atom stereocenters. The van der Waals surface area contributed by atoms with E-state index in [0.717, 1.165) is 6.07 Å². The Bertz CT molecular complexity index is 1490. The Morgan fingerprint density at radius 3 is 2.33 bits per heavy atom. The van der Waals surface area contributed by atoms with Gasteiger partial charge in [-0.25, -0.2) is 8.78 Å². The van der Waals surface area contributed by atoms with Crippen LogP contribution in [0.4, 0.5) is 22.0 Å². The maximum atomic E-state index is 14.9. The number of fused-ring (bicyclic) bond motifs is 2. The molecule has 13 heteroatoms. The molecular weight excluding hydrogens is 489 g/mol. The van der Waals surface area contributed by atoms with E-state index < -0.39 is 35.8 Å². The number of hydrogen-bond acceptors (Lipinski definition) is 6. The number of methoxy groups -OCH3 is 2. The lowest BCUT2D eigenvalue weighted by atomic mass is 10.1. The SMILES string of the molecule is COc1cc(OC)c(F)c(-c2cc3[nH]nc(-c4cnc5c(c4)CN(CC(F)(F)F)C5=O)c3cn2)c1F. The topological polar surface area (TPSA) is 93.2 Å². The van der Waals surface area contributed by atoms with E-state index in [1.54, 1.807) is 0 Å². The van der Waals surface area contributed by atoms with E-state index in [4.69, 9.17) is 9.47 Å². The van der Waals surface area contributed by atoms with Crippen molar-refractivity contribution in [3.05, 3.63) is 53.5 Å². The lowest BCUT2D eigenvalue weighted by molar-refractivity contribution is -0.140. The van der Waals surface area contributed by atoms with Crippen molar-refractivity contribution in [3.63, 3.8) is 0 Å². The molecule has 0 bridgehead atoms. The second kappa shape index (κ2) is 8.43. The Balaban J connectivity index is 1.53. The molecule has 0 saturated carbocycles. The third kappa shape index (κ3) is 3.85. The summed E-state index contributed by atoms with van der Waals surface area (Å²) in [4.78, 5) is 21.2. The summed E-state index contributed by atoms with van der Waals surface area (Å²) in [5.74, 6) is -3.18. The predicted molar refractivity (Wildman–Crippen MR) is 116 cm³/mol. The molecule has 1 aromatic carbocycles. The van der Waals surface area contributed by atoms with Crippen molar-refractivity contribution in [1.29, 1.82) is 0 Å². The van der Waals surface area contributed by atoms with Gasteiger partial charge in [0.25, 0.3) is 5.91 Å². The van der Waals surface area contributed by atoms with Gasteiger partial charge in [-0.1, -0.05) is 0 Å². The van der Waals surface area contributed by atoms with Crippen molar-refractivity contribution < 1.29 is 36.2 Å². The second-order valence-corrected chi connectivity index (χ2v) is 7.98. The van der Waals surface area contributed by atoms with Gasteiger partial charge in [0, 0.05) is 41.5 Å². The number of carbonyl (C=O) groups is 1. The predicted octanol–water partition coefficient (Wildman–Crippen LogP) is 4.50. The number of aromatic amines is 1. The number of H-pyrrole nitrogens is 1. The lowest BCUT2D eigenvalue weighted by Gasteiger charge is -2.16. The van der Waals surface area contributed by atoms with E-state index >= 15 is 0 Å². The quantitative estimate of drug-likeness (QED) is 0.402. The van der Waals surface area contributed by atoms with E-state index in [1.807, 2.05) is 0 Å². The molecule has 36 heavy (non-hydrogen) atoms. The van der Waals surface area contributed by atoms with Crippen molar-refractivity contribution in [2.75, 3.05) is 20.8 Å². The fourth-order valence-corrected chi connectivity index (χ4v) is 4.10. The van der Waals surface area contributed by atoms with Crippen LogP contribution in [0.25, 0.3) is 33.4 Å². The molecule has 0 unspecified atom stereocenters. The van der Waals surface area contributed by atoms with Gasteiger partial charge >= 0.3 is 6.18 Å². The number of ether oxygens (including phenoxy) is 2. The number of halogens is 5. The highest BCUT2D eigenvalue weighted by atomic mass is 19.4. The summed E-state index contributed by atoms with van der Waals surface area (Å²) in [5, 5.41) is 7.44. The molecule has 4 heterocycles. The molecule has 186 valence electrons. The summed E-state index contributed by atoms with van der Waals surface area (Å²) in [6.45, 7) is -1.62. The minimum absolute atomic E-state index is 0.0506. The van der Waals surface area contributed by atoms with Gasteiger partial charge in [0.15, 0.2) is 23.1 Å². The number of alkyl halides is 3. The number of benzene rings is 1. The molecule has 0 spiro atoms. The number of rotatable bonds is 5. The number of hydrogen-bond donors (Lipinski definition) is 1. The highest BCUT2D eigenvalue weighted by Gasteiger charge is 2.38. The average Bonchev–Trinajstić information content (AvgIpc) is 3.38. The van der Waals surface area contributed by atoms with Crippen LogP contribution in [0.1, 0.15) is 16.1 Å². The van der Waals surface area contributed by atoms with E-state index in [1.165, 1.54) is 38.7 Å². The first-order chi connectivity index (χ1) is 17.1. The van der Waals surface area contributed by atoms with Gasteiger partial charge in [-0.15, -0.1) is 0 Å². The molecule has 1 amide bonds. The fraction of sp³-hybridized carbons (Fsp3) is 0.217. The van der Waals surface area contributed by atoms with Crippen LogP contribution in [-0.2, 0) is 6.54 Å². The average molecular weight is 505 g/mol. The molecule has 8 nitrogen and oxygen atoms in total.